The number of thiophene rings is 1. The topological polar surface area (TPSA) is 74.8 Å². The molecule has 3 rings (SSSR count). The summed E-state index contributed by atoms with van der Waals surface area (Å²) < 4.78 is 0. The molecule has 0 unspecified atom stereocenters. The number of unbranched alkanes of at least 4 members (excludes halogenated alkanes) is 1. The van der Waals surface area contributed by atoms with Crippen LogP contribution in [0.1, 0.15) is 43.0 Å². The van der Waals surface area contributed by atoms with E-state index in [1.54, 1.807) is 11.3 Å². The highest BCUT2D eigenvalue weighted by atomic mass is 32.2. The second-order valence-electron chi connectivity index (χ2n) is 5.75. The first kappa shape index (κ1) is 16.5. The van der Waals surface area contributed by atoms with Gasteiger partial charge in [0.25, 0.3) is 5.56 Å². The lowest BCUT2D eigenvalue weighted by Crippen LogP contribution is -2.26. The molecular weight excluding hydrogens is 330 g/mol. The summed E-state index contributed by atoms with van der Waals surface area (Å²) in [5.74, 6) is 0.264. The van der Waals surface area contributed by atoms with Crippen molar-refractivity contribution < 1.29 is 4.79 Å². The number of aromatic nitrogens is 2. The van der Waals surface area contributed by atoms with Crippen LogP contribution in [0.4, 0.5) is 0 Å². The number of amides is 1. The summed E-state index contributed by atoms with van der Waals surface area (Å²) in [6.07, 6.45) is 6.41. The maximum absolute atomic E-state index is 12.4. The van der Waals surface area contributed by atoms with Crippen LogP contribution in [-0.4, -0.2) is 28.2 Å². The highest BCUT2D eigenvalue weighted by Crippen LogP contribution is 2.34. The lowest BCUT2D eigenvalue weighted by Gasteiger charge is -2.09. The van der Waals surface area contributed by atoms with Gasteiger partial charge in [0.15, 0.2) is 5.16 Å². The maximum Gasteiger partial charge on any atom is 0.260 e. The third kappa shape index (κ3) is 3.77. The van der Waals surface area contributed by atoms with Gasteiger partial charge in [0.1, 0.15) is 4.83 Å². The number of hydrogen-bond donors (Lipinski definition) is 2. The summed E-state index contributed by atoms with van der Waals surface area (Å²) in [6.45, 7) is 2.79. The quantitative estimate of drug-likeness (QED) is 0.477. The standard InChI is InChI=1S/C16H21N3O2S2/c1-2-3-8-17-12(20)9-22-16-18-14(21)13-10-6-4-5-7-11(10)23-15(13)19-16/h2-9H2,1H3,(H,17,20)(H,18,19,21). The van der Waals surface area contributed by atoms with Crippen LogP contribution in [0.5, 0.6) is 0 Å². The molecule has 124 valence electrons. The Labute approximate surface area is 143 Å². The Morgan fingerprint density at radius 3 is 3.04 bits per heavy atom. The normalized spacial score (nSPS) is 14.0. The summed E-state index contributed by atoms with van der Waals surface area (Å²) >= 11 is 2.92. The van der Waals surface area contributed by atoms with Gasteiger partial charge in [0.2, 0.25) is 5.91 Å². The number of hydrogen-bond acceptors (Lipinski definition) is 5. The average molecular weight is 351 g/mol. The minimum atomic E-state index is -0.0664. The van der Waals surface area contributed by atoms with Crippen LogP contribution in [0.25, 0.3) is 10.2 Å². The molecule has 0 spiro atoms. The van der Waals surface area contributed by atoms with Crippen molar-refractivity contribution in [2.24, 2.45) is 0 Å². The van der Waals surface area contributed by atoms with E-state index in [4.69, 9.17) is 0 Å². The van der Waals surface area contributed by atoms with Crippen molar-refractivity contribution in [1.82, 2.24) is 15.3 Å². The van der Waals surface area contributed by atoms with Crippen molar-refractivity contribution in [3.63, 3.8) is 0 Å². The van der Waals surface area contributed by atoms with Gasteiger partial charge >= 0.3 is 0 Å². The van der Waals surface area contributed by atoms with Crippen molar-refractivity contribution in [2.75, 3.05) is 12.3 Å². The van der Waals surface area contributed by atoms with E-state index < -0.39 is 0 Å². The number of nitrogens with one attached hydrogen (secondary N) is 2. The smallest absolute Gasteiger partial charge is 0.260 e. The third-order valence-corrected chi connectivity index (χ3v) is 6.05. The number of fused-ring (bicyclic) bond motifs is 3. The molecule has 0 aromatic carbocycles. The van der Waals surface area contributed by atoms with Gasteiger partial charge < -0.3 is 10.3 Å². The molecule has 0 saturated carbocycles. The van der Waals surface area contributed by atoms with Crippen LogP contribution in [0.3, 0.4) is 0 Å². The van der Waals surface area contributed by atoms with Gasteiger partial charge in [-0.25, -0.2) is 4.98 Å². The maximum atomic E-state index is 12.4. The van der Waals surface area contributed by atoms with Gasteiger partial charge in [0.05, 0.1) is 11.1 Å². The van der Waals surface area contributed by atoms with Crippen LogP contribution in [0.2, 0.25) is 0 Å². The highest BCUT2D eigenvalue weighted by molar-refractivity contribution is 7.99. The van der Waals surface area contributed by atoms with E-state index in [1.165, 1.54) is 28.6 Å². The second-order valence-corrected chi connectivity index (χ2v) is 7.80. The first-order chi connectivity index (χ1) is 11.2. The zero-order valence-electron chi connectivity index (χ0n) is 13.2. The summed E-state index contributed by atoms with van der Waals surface area (Å²) in [6, 6.07) is 0. The average Bonchev–Trinajstić information content (AvgIpc) is 2.92. The molecular formula is C16H21N3O2S2. The van der Waals surface area contributed by atoms with E-state index in [1.807, 2.05) is 0 Å². The predicted molar refractivity (Wildman–Crippen MR) is 95.5 cm³/mol. The summed E-state index contributed by atoms with van der Waals surface area (Å²) in [4.78, 5) is 33.6. The largest absolute Gasteiger partial charge is 0.355 e. The van der Waals surface area contributed by atoms with E-state index in [0.717, 1.165) is 42.3 Å². The van der Waals surface area contributed by atoms with Crippen molar-refractivity contribution >= 4 is 39.2 Å². The van der Waals surface area contributed by atoms with Crippen molar-refractivity contribution in [1.29, 1.82) is 0 Å². The Hall–Kier alpha value is -1.34. The number of H-pyrrole nitrogens is 1. The van der Waals surface area contributed by atoms with Crippen LogP contribution < -0.4 is 10.9 Å². The van der Waals surface area contributed by atoms with E-state index >= 15 is 0 Å². The van der Waals surface area contributed by atoms with E-state index in [0.29, 0.717) is 11.7 Å². The molecule has 0 aliphatic heterocycles. The summed E-state index contributed by atoms with van der Waals surface area (Å²) in [5.41, 5.74) is 1.13. The molecule has 0 radical (unpaired) electrons. The molecule has 0 bridgehead atoms. The monoisotopic (exact) mass is 351 g/mol. The molecule has 1 amide bonds. The minimum Gasteiger partial charge on any atom is -0.355 e. The molecule has 5 nitrogen and oxygen atoms in total. The van der Waals surface area contributed by atoms with E-state index in [-0.39, 0.29) is 17.2 Å². The zero-order chi connectivity index (χ0) is 16.2. The Balaban J connectivity index is 1.73. The van der Waals surface area contributed by atoms with Crippen molar-refractivity contribution in [3.8, 4) is 0 Å². The van der Waals surface area contributed by atoms with Gasteiger partial charge in [-0.1, -0.05) is 25.1 Å². The Morgan fingerprint density at radius 1 is 1.39 bits per heavy atom. The molecule has 1 aliphatic carbocycles. The molecule has 2 heterocycles. The number of aryl methyl sites for hydroxylation is 2. The molecule has 2 N–H and O–H groups in total. The van der Waals surface area contributed by atoms with E-state index in [9.17, 15) is 9.59 Å². The van der Waals surface area contributed by atoms with Gasteiger partial charge in [-0.15, -0.1) is 11.3 Å². The first-order valence-electron chi connectivity index (χ1n) is 8.13. The summed E-state index contributed by atoms with van der Waals surface area (Å²) in [5, 5.41) is 4.17. The molecule has 0 atom stereocenters. The Bertz CT molecular complexity index is 767. The SMILES string of the molecule is CCCCNC(=O)CSc1nc2sc3c(c2c(=O)[nH]1)CCCC3. The Kier molecular flexibility index (Phi) is 5.38. The van der Waals surface area contributed by atoms with Gasteiger partial charge in [-0.2, -0.15) is 0 Å². The third-order valence-electron chi connectivity index (χ3n) is 4.00. The molecule has 23 heavy (non-hydrogen) atoms. The molecule has 2 aromatic heterocycles. The number of nitrogens with zero attached hydrogens (tertiary/aromatic N) is 1. The predicted octanol–water partition coefficient (Wildman–Crippen LogP) is 2.87. The number of rotatable bonds is 6. The first-order valence-corrected chi connectivity index (χ1v) is 9.93. The lowest BCUT2D eigenvalue weighted by atomic mass is 9.97. The number of carbonyl (C=O) groups is 1. The summed E-state index contributed by atoms with van der Waals surface area (Å²) in [7, 11) is 0. The van der Waals surface area contributed by atoms with Crippen molar-refractivity contribution in [2.45, 2.75) is 50.6 Å². The fourth-order valence-electron chi connectivity index (χ4n) is 2.80. The van der Waals surface area contributed by atoms with Crippen LogP contribution in [-0.2, 0) is 17.6 Å². The van der Waals surface area contributed by atoms with Crippen molar-refractivity contribution in [3.05, 3.63) is 20.8 Å². The lowest BCUT2D eigenvalue weighted by molar-refractivity contribution is -0.118. The number of thioether (sulfide) groups is 1. The molecule has 0 saturated heterocycles. The van der Waals surface area contributed by atoms with E-state index in [2.05, 4.69) is 22.2 Å². The molecule has 0 fully saturated rings. The van der Waals surface area contributed by atoms with Gasteiger partial charge in [0, 0.05) is 11.4 Å². The second kappa shape index (κ2) is 7.49. The van der Waals surface area contributed by atoms with Crippen LogP contribution >= 0.6 is 23.1 Å². The zero-order valence-corrected chi connectivity index (χ0v) is 14.9. The van der Waals surface area contributed by atoms with Crippen LogP contribution in [0, 0.1) is 0 Å². The number of carbonyl (C=O) groups excluding carboxylic acids is 1. The van der Waals surface area contributed by atoms with Gasteiger partial charge in [-0.3, -0.25) is 9.59 Å². The fraction of sp³-hybridized carbons (Fsp3) is 0.562. The highest BCUT2D eigenvalue weighted by Gasteiger charge is 2.19. The molecule has 1 aliphatic rings. The van der Waals surface area contributed by atoms with Gasteiger partial charge in [-0.05, 0) is 37.7 Å². The number of aromatic amines is 1. The minimum absolute atomic E-state index is 0.0170. The molecule has 2 aromatic rings. The fourth-order valence-corrected chi connectivity index (χ4v) is 4.81. The Morgan fingerprint density at radius 2 is 2.22 bits per heavy atom. The van der Waals surface area contributed by atoms with Crippen LogP contribution in [0.15, 0.2) is 9.95 Å². The molecule has 7 heteroatoms.